The zero-order valence-corrected chi connectivity index (χ0v) is 14.1. The Morgan fingerprint density at radius 2 is 2.36 bits per heavy atom. The van der Waals surface area contributed by atoms with E-state index in [0.717, 1.165) is 6.42 Å². The quantitative estimate of drug-likeness (QED) is 0.810. The molecular formula is C13H21N6O2P. The summed E-state index contributed by atoms with van der Waals surface area (Å²) in [6, 6.07) is 0. The summed E-state index contributed by atoms with van der Waals surface area (Å²) in [4.78, 5) is 12.9. The smallest absolute Gasteiger partial charge is 0.224 e. The first kappa shape index (κ1) is 15.4. The minimum atomic E-state index is -0.207. The fourth-order valence-corrected chi connectivity index (χ4v) is 3.43. The van der Waals surface area contributed by atoms with Crippen LogP contribution in [0.2, 0.25) is 0 Å². The highest BCUT2D eigenvalue weighted by atomic mass is 31.0. The number of aromatic nitrogens is 4. The van der Waals surface area contributed by atoms with Crippen molar-refractivity contribution in [3.63, 3.8) is 0 Å². The van der Waals surface area contributed by atoms with Crippen molar-refractivity contribution in [3.8, 4) is 0 Å². The molecule has 2 aromatic rings. The molecule has 0 bridgehead atoms. The second kappa shape index (κ2) is 5.61. The predicted molar refractivity (Wildman–Crippen MR) is 87.8 cm³/mol. The number of nitrogens with two attached hydrogens (primary N) is 1. The fourth-order valence-electron chi connectivity index (χ4n) is 2.92. The lowest BCUT2D eigenvalue weighted by Crippen LogP contribution is -2.25. The SMILES string of the molecule is CNc1nc(N)nc2c1ncn2[C@@H]1O[C@H](COC)C[C@@]1(C)P. The Morgan fingerprint density at radius 3 is 3.05 bits per heavy atom. The van der Waals surface area contributed by atoms with Crippen LogP contribution < -0.4 is 11.1 Å². The van der Waals surface area contributed by atoms with Crippen molar-refractivity contribution < 1.29 is 9.47 Å². The molecule has 3 N–H and O–H groups in total. The van der Waals surface area contributed by atoms with Crippen LogP contribution in [0.25, 0.3) is 11.2 Å². The Balaban J connectivity index is 2.05. The van der Waals surface area contributed by atoms with Gasteiger partial charge in [-0.3, -0.25) is 4.57 Å². The topological polar surface area (TPSA) is 100 Å². The number of ether oxygens (including phenoxy) is 2. The number of fused-ring (bicyclic) bond motifs is 1. The third kappa shape index (κ3) is 2.51. The molecule has 22 heavy (non-hydrogen) atoms. The second-order valence-corrected chi connectivity index (χ2v) is 7.10. The van der Waals surface area contributed by atoms with Crippen LogP contribution in [-0.4, -0.2) is 51.5 Å². The lowest BCUT2D eigenvalue weighted by Gasteiger charge is -2.26. The Kier molecular flexibility index (Phi) is 3.92. The highest BCUT2D eigenvalue weighted by molar-refractivity contribution is 7.19. The molecule has 4 atom stereocenters. The maximum absolute atomic E-state index is 6.14. The highest BCUT2D eigenvalue weighted by Gasteiger charge is 2.43. The van der Waals surface area contributed by atoms with Crippen molar-refractivity contribution in [3.05, 3.63) is 6.33 Å². The van der Waals surface area contributed by atoms with E-state index in [1.54, 1.807) is 20.5 Å². The average molecular weight is 324 g/mol. The molecule has 1 saturated heterocycles. The molecule has 8 nitrogen and oxygen atoms in total. The van der Waals surface area contributed by atoms with Gasteiger partial charge in [0.1, 0.15) is 6.23 Å². The molecule has 120 valence electrons. The van der Waals surface area contributed by atoms with Crippen LogP contribution in [0.3, 0.4) is 0 Å². The van der Waals surface area contributed by atoms with Gasteiger partial charge < -0.3 is 20.5 Å². The Hall–Kier alpha value is -1.50. The lowest BCUT2D eigenvalue weighted by molar-refractivity contribution is -0.0344. The van der Waals surface area contributed by atoms with Crippen LogP contribution in [0.4, 0.5) is 11.8 Å². The molecule has 1 fully saturated rings. The molecule has 2 aromatic heterocycles. The number of imidazole rings is 1. The minimum Gasteiger partial charge on any atom is -0.382 e. The number of hydrogen-bond acceptors (Lipinski definition) is 7. The summed E-state index contributed by atoms with van der Waals surface area (Å²) in [6.45, 7) is 2.69. The first-order chi connectivity index (χ1) is 10.5. The second-order valence-electron chi connectivity index (χ2n) is 5.78. The molecule has 0 saturated carbocycles. The fraction of sp³-hybridized carbons (Fsp3) is 0.615. The van der Waals surface area contributed by atoms with Crippen LogP contribution in [0, 0.1) is 0 Å². The van der Waals surface area contributed by atoms with Crippen LogP contribution in [0.1, 0.15) is 19.6 Å². The minimum absolute atomic E-state index is 0.0397. The molecule has 3 heterocycles. The van der Waals surface area contributed by atoms with E-state index in [2.05, 4.69) is 36.4 Å². The lowest BCUT2D eigenvalue weighted by atomic mass is 10.0. The molecular weight excluding hydrogens is 303 g/mol. The van der Waals surface area contributed by atoms with E-state index in [4.69, 9.17) is 15.2 Å². The maximum atomic E-state index is 6.14. The van der Waals surface area contributed by atoms with E-state index in [9.17, 15) is 0 Å². The Bertz CT molecular complexity index is 688. The number of methoxy groups -OCH3 is 1. The summed E-state index contributed by atoms with van der Waals surface area (Å²) < 4.78 is 13.3. The molecule has 1 aliphatic heterocycles. The molecule has 0 amide bonds. The normalized spacial score (nSPS) is 28.4. The van der Waals surface area contributed by atoms with Crippen molar-refractivity contribution in [2.24, 2.45) is 0 Å². The summed E-state index contributed by atoms with van der Waals surface area (Å²) in [5.41, 5.74) is 7.14. The molecule has 1 aliphatic rings. The molecule has 0 radical (unpaired) electrons. The predicted octanol–water partition coefficient (Wildman–Crippen LogP) is 1.02. The van der Waals surface area contributed by atoms with E-state index in [0.29, 0.717) is 23.6 Å². The van der Waals surface area contributed by atoms with E-state index in [1.807, 2.05) is 4.57 Å². The van der Waals surface area contributed by atoms with E-state index in [1.165, 1.54) is 0 Å². The van der Waals surface area contributed by atoms with Crippen LogP contribution in [0.15, 0.2) is 6.33 Å². The van der Waals surface area contributed by atoms with Crippen molar-refractivity contribution in [1.82, 2.24) is 19.5 Å². The number of rotatable bonds is 4. The monoisotopic (exact) mass is 324 g/mol. The average Bonchev–Trinajstić information content (AvgIpc) is 2.98. The van der Waals surface area contributed by atoms with Gasteiger partial charge in [0.25, 0.3) is 0 Å². The van der Waals surface area contributed by atoms with Gasteiger partial charge in [0, 0.05) is 19.3 Å². The van der Waals surface area contributed by atoms with E-state index >= 15 is 0 Å². The van der Waals surface area contributed by atoms with Crippen LogP contribution in [0.5, 0.6) is 0 Å². The van der Waals surface area contributed by atoms with Gasteiger partial charge in [0.05, 0.1) is 19.0 Å². The third-order valence-corrected chi connectivity index (χ3v) is 4.35. The van der Waals surface area contributed by atoms with Gasteiger partial charge in [0.2, 0.25) is 5.95 Å². The number of anilines is 2. The van der Waals surface area contributed by atoms with Gasteiger partial charge in [0.15, 0.2) is 17.0 Å². The highest BCUT2D eigenvalue weighted by Crippen LogP contribution is 2.45. The summed E-state index contributed by atoms with van der Waals surface area (Å²) in [6.07, 6.45) is 2.43. The molecule has 3 rings (SSSR count). The standard InChI is InChI=1S/C13H21N6O2P/c1-13(22)4-7(5-20-3)21-11(13)19-6-16-8-9(15-2)17-12(14)18-10(8)19/h6-7,11H,4-5,22H2,1-3H3,(H3,14,15,17,18)/t7-,11+,13+/m0/s1. The third-order valence-electron chi connectivity index (χ3n) is 3.83. The van der Waals surface area contributed by atoms with Gasteiger partial charge in [-0.15, -0.1) is 9.24 Å². The molecule has 0 spiro atoms. The number of nitrogens with one attached hydrogen (secondary N) is 1. The molecule has 0 aliphatic carbocycles. The van der Waals surface area contributed by atoms with Gasteiger partial charge in [-0.1, -0.05) is 6.92 Å². The van der Waals surface area contributed by atoms with Gasteiger partial charge >= 0.3 is 0 Å². The number of nitrogens with zero attached hydrogens (tertiary/aromatic N) is 4. The summed E-state index contributed by atoms with van der Waals surface area (Å²) in [5.74, 6) is 0.814. The zero-order chi connectivity index (χ0) is 15.9. The van der Waals surface area contributed by atoms with Gasteiger partial charge in [-0.25, -0.2) is 4.98 Å². The summed E-state index contributed by atoms with van der Waals surface area (Å²) >= 11 is 0. The van der Waals surface area contributed by atoms with Crippen LogP contribution >= 0.6 is 9.24 Å². The van der Waals surface area contributed by atoms with Crippen molar-refractivity contribution in [2.45, 2.75) is 30.8 Å². The first-order valence-electron chi connectivity index (χ1n) is 7.07. The van der Waals surface area contributed by atoms with Crippen molar-refractivity contribution >= 4 is 32.2 Å². The summed E-state index contributed by atoms with van der Waals surface area (Å²) in [5, 5.41) is 2.85. The Morgan fingerprint density at radius 1 is 1.59 bits per heavy atom. The maximum Gasteiger partial charge on any atom is 0.224 e. The van der Waals surface area contributed by atoms with E-state index < -0.39 is 0 Å². The number of nitrogen functional groups attached to an aromatic ring is 1. The van der Waals surface area contributed by atoms with Crippen LogP contribution in [-0.2, 0) is 9.47 Å². The largest absolute Gasteiger partial charge is 0.382 e. The van der Waals surface area contributed by atoms with Gasteiger partial charge in [-0.05, 0) is 6.42 Å². The first-order valence-corrected chi connectivity index (χ1v) is 7.65. The van der Waals surface area contributed by atoms with Crippen molar-refractivity contribution in [1.29, 1.82) is 0 Å². The molecule has 0 aromatic carbocycles. The molecule has 9 heteroatoms. The molecule has 1 unspecified atom stereocenters. The van der Waals surface area contributed by atoms with E-state index in [-0.39, 0.29) is 23.4 Å². The Labute approximate surface area is 131 Å². The summed E-state index contributed by atoms with van der Waals surface area (Å²) in [7, 11) is 6.33. The van der Waals surface area contributed by atoms with Gasteiger partial charge in [-0.2, -0.15) is 9.97 Å². The number of hydrogen-bond donors (Lipinski definition) is 2. The zero-order valence-electron chi connectivity index (χ0n) is 12.9. The van der Waals surface area contributed by atoms with Crippen molar-refractivity contribution in [2.75, 3.05) is 31.8 Å².